The topological polar surface area (TPSA) is 77.9 Å². The minimum absolute atomic E-state index is 0.0860. The van der Waals surface area contributed by atoms with E-state index in [0.717, 1.165) is 11.1 Å². The third-order valence-corrected chi connectivity index (χ3v) is 2.23. The van der Waals surface area contributed by atoms with Crippen LogP contribution in [0.3, 0.4) is 0 Å². The Morgan fingerprint density at radius 1 is 1.17 bits per heavy atom. The first-order valence-electron chi connectivity index (χ1n) is 5.53. The molecule has 0 unspecified atom stereocenters. The summed E-state index contributed by atoms with van der Waals surface area (Å²) in [6.07, 6.45) is 6.62. The molecule has 0 aliphatic heterocycles. The molecule has 0 saturated carbocycles. The summed E-state index contributed by atoms with van der Waals surface area (Å²) >= 11 is 0. The van der Waals surface area contributed by atoms with Gasteiger partial charge in [0.1, 0.15) is 12.2 Å². The molecule has 2 aromatic rings. The summed E-state index contributed by atoms with van der Waals surface area (Å²) in [5.74, 6) is 0.120. The molecular formula is C12H12N4O2. The van der Waals surface area contributed by atoms with Crippen LogP contribution in [0.25, 0.3) is 11.1 Å². The van der Waals surface area contributed by atoms with Gasteiger partial charge in [-0.3, -0.25) is 4.79 Å². The molecule has 0 bridgehead atoms. The molecule has 0 aliphatic carbocycles. The van der Waals surface area contributed by atoms with Gasteiger partial charge in [-0.15, -0.1) is 0 Å². The second-order valence-electron chi connectivity index (χ2n) is 3.50. The minimum Gasteiger partial charge on any atom is -0.466 e. The maximum atomic E-state index is 11.2. The molecule has 6 heteroatoms. The molecule has 0 aliphatic rings. The second kappa shape index (κ2) is 5.81. The molecule has 2 heterocycles. The van der Waals surface area contributed by atoms with E-state index in [1.807, 2.05) is 6.07 Å². The smallest absolute Gasteiger partial charge is 0.313 e. The molecular weight excluding hydrogens is 232 g/mol. The number of nitrogens with zero attached hydrogens (tertiary/aromatic N) is 4. The molecule has 0 aromatic carbocycles. The number of esters is 1. The van der Waals surface area contributed by atoms with Gasteiger partial charge in [0.25, 0.3) is 0 Å². The summed E-state index contributed by atoms with van der Waals surface area (Å²) in [6.45, 7) is 2.12. The Balaban J connectivity index is 2.09. The molecule has 0 saturated heterocycles. The van der Waals surface area contributed by atoms with Crippen LogP contribution in [0.4, 0.5) is 0 Å². The Bertz CT molecular complexity index is 513. The van der Waals surface area contributed by atoms with E-state index in [0.29, 0.717) is 12.4 Å². The van der Waals surface area contributed by atoms with Gasteiger partial charge in [0.2, 0.25) is 0 Å². The zero-order chi connectivity index (χ0) is 12.8. The van der Waals surface area contributed by atoms with Gasteiger partial charge in [-0.25, -0.2) is 9.97 Å². The lowest BCUT2D eigenvalue weighted by atomic mass is 10.2. The van der Waals surface area contributed by atoms with Gasteiger partial charge in [0.15, 0.2) is 0 Å². The van der Waals surface area contributed by atoms with Crippen molar-refractivity contribution < 1.29 is 9.53 Å². The highest BCUT2D eigenvalue weighted by atomic mass is 16.5. The zero-order valence-electron chi connectivity index (χ0n) is 9.91. The van der Waals surface area contributed by atoms with Crippen molar-refractivity contribution in [3.63, 3.8) is 0 Å². The first-order valence-corrected chi connectivity index (χ1v) is 5.53. The maximum absolute atomic E-state index is 11.2. The van der Waals surface area contributed by atoms with Gasteiger partial charge in [-0.1, -0.05) is 0 Å². The van der Waals surface area contributed by atoms with Crippen molar-refractivity contribution in [2.45, 2.75) is 13.3 Å². The van der Waals surface area contributed by atoms with Crippen LogP contribution in [0, 0.1) is 0 Å². The number of hydrogen-bond acceptors (Lipinski definition) is 6. The summed E-state index contributed by atoms with van der Waals surface area (Å²) in [5.41, 5.74) is 1.71. The molecule has 0 atom stereocenters. The van der Waals surface area contributed by atoms with Crippen LogP contribution in [0.2, 0.25) is 0 Å². The third kappa shape index (κ3) is 3.07. The zero-order valence-corrected chi connectivity index (χ0v) is 9.91. The minimum atomic E-state index is -0.323. The highest BCUT2D eigenvalue weighted by Gasteiger charge is 2.07. The SMILES string of the molecule is CCOC(=O)Cc1ncc(-c2ccnnc2)cn1. The van der Waals surface area contributed by atoms with E-state index in [1.165, 1.54) is 0 Å². The first kappa shape index (κ1) is 12.1. The lowest BCUT2D eigenvalue weighted by Crippen LogP contribution is -2.10. The van der Waals surface area contributed by atoms with Crippen LogP contribution in [0.1, 0.15) is 12.7 Å². The van der Waals surface area contributed by atoms with Gasteiger partial charge in [-0.05, 0) is 13.0 Å². The van der Waals surface area contributed by atoms with Crippen LogP contribution in [-0.4, -0.2) is 32.7 Å². The highest BCUT2D eigenvalue weighted by molar-refractivity contribution is 5.71. The maximum Gasteiger partial charge on any atom is 0.313 e. The van der Waals surface area contributed by atoms with Crippen LogP contribution < -0.4 is 0 Å². The largest absolute Gasteiger partial charge is 0.466 e. The molecule has 6 nitrogen and oxygen atoms in total. The average Bonchev–Trinajstić information content (AvgIpc) is 2.41. The quantitative estimate of drug-likeness (QED) is 0.748. The number of ether oxygens (including phenoxy) is 1. The number of rotatable bonds is 4. The van der Waals surface area contributed by atoms with Crippen LogP contribution in [0.15, 0.2) is 30.9 Å². The number of carbonyl (C=O) groups is 1. The lowest BCUT2D eigenvalue weighted by molar-refractivity contribution is -0.142. The predicted octanol–water partition coefficient (Wildman–Crippen LogP) is 1.04. The Morgan fingerprint density at radius 2 is 1.94 bits per heavy atom. The molecule has 0 N–H and O–H groups in total. The number of aromatic nitrogens is 4. The summed E-state index contributed by atoms with van der Waals surface area (Å²) in [4.78, 5) is 19.5. The Morgan fingerprint density at radius 3 is 2.56 bits per heavy atom. The van der Waals surface area contributed by atoms with Crippen molar-refractivity contribution in [2.75, 3.05) is 6.61 Å². The fourth-order valence-electron chi connectivity index (χ4n) is 1.40. The average molecular weight is 244 g/mol. The monoisotopic (exact) mass is 244 g/mol. The van der Waals surface area contributed by atoms with E-state index >= 15 is 0 Å². The Labute approximate surface area is 104 Å². The summed E-state index contributed by atoms with van der Waals surface area (Å²) in [5, 5.41) is 7.47. The van der Waals surface area contributed by atoms with Crippen molar-refractivity contribution in [1.29, 1.82) is 0 Å². The summed E-state index contributed by atoms with van der Waals surface area (Å²) in [7, 11) is 0. The summed E-state index contributed by atoms with van der Waals surface area (Å²) < 4.78 is 4.82. The Hall–Kier alpha value is -2.37. The number of hydrogen-bond donors (Lipinski definition) is 0. The summed E-state index contributed by atoms with van der Waals surface area (Å²) in [6, 6.07) is 1.82. The van der Waals surface area contributed by atoms with E-state index in [9.17, 15) is 4.79 Å². The molecule has 0 spiro atoms. The normalized spacial score (nSPS) is 10.1. The molecule has 18 heavy (non-hydrogen) atoms. The lowest BCUT2D eigenvalue weighted by Gasteiger charge is -2.02. The fraction of sp³-hybridized carbons (Fsp3) is 0.250. The van der Waals surface area contributed by atoms with E-state index < -0.39 is 0 Å². The molecule has 2 rings (SSSR count). The van der Waals surface area contributed by atoms with Gasteiger partial charge < -0.3 is 4.74 Å². The van der Waals surface area contributed by atoms with Crippen LogP contribution in [0.5, 0.6) is 0 Å². The van der Waals surface area contributed by atoms with Gasteiger partial charge in [0, 0.05) is 23.5 Å². The highest BCUT2D eigenvalue weighted by Crippen LogP contribution is 2.14. The molecule has 92 valence electrons. The molecule has 0 fully saturated rings. The van der Waals surface area contributed by atoms with E-state index in [-0.39, 0.29) is 12.4 Å². The van der Waals surface area contributed by atoms with E-state index in [1.54, 1.807) is 31.7 Å². The van der Waals surface area contributed by atoms with Crippen LogP contribution in [-0.2, 0) is 16.0 Å². The number of carbonyl (C=O) groups excluding carboxylic acids is 1. The van der Waals surface area contributed by atoms with Crippen molar-refractivity contribution in [1.82, 2.24) is 20.2 Å². The van der Waals surface area contributed by atoms with Gasteiger partial charge in [-0.2, -0.15) is 10.2 Å². The third-order valence-electron chi connectivity index (χ3n) is 2.23. The van der Waals surface area contributed by atoms with Crippen molar-refractivity contribution in [2.24, 2.45) is 0 Å². The van der Waals surface area contributed by atoms with Crippen molar-refractivity contribution in [3.05, 3.63) is 36.7 Å². The Kier molecular flexibility index (Phi) is 3.90. The molecule has 0 amide bonds. The van der Waals surface area contributed by atoms with E-state index in [4.69, 9.17) is 4.74 Å². The molecule has 0 radical (unpaired) electrons. The predicted molar refractivity (Wildman–Crippen MR) is 63.4 cm³/mol. The van der Waals surface area contributed by atoms with Gasteiger partial charge >= 0.3 is 5.97 Å². The first-order chi connectivity index (χ1) is 8.79. The molecule has 2 aromatic heterocycles. The fourth-order valence-corrected chi connectivity index (χ4v) is 1.40. The van der Waals surface area contributed by atoms with Gasteiger partial charge in [0.05, 0.1) is 19.0 Å². The van der Waals surface area contributed by atoms with Crippen molar-refractivity contribution in [3.8, 4) is 11.1 Å². The second-order valence-corrected chi connectivity index (χ2v) is 3.50. The van der Waals surface area contributed by atoms with Crippen molar-refractivity contribution >= 4 is 5.97 Å². The van der Waals surface area contributed by atoms with E-state index in [2.05, 4.69) is 20.2 Å². The standard InChI is InChI=1S/C12H12N4O2/c1-2-18-12(17)5-11-13-6-10(7-14-11)9-3-4-15-16-8-9/h3-4,6-8H,2,5H2,1H3. The van der Waals surface area contributed by atoms with Crippen LogP contribution >= 0.6 is 0 Å².